The van der Waals surface area contributed by atoms with Crippen molar-refractivity contribution in [2.75, 3.05) is 13.2 Å². The van der Waals surface area contributed by atoms with Crippen molar-refractivity contribution in [2.24, 2.45) is 0 Å². The van der Waals surface area contributed by atoms with E-state index in [0.717, 1.165) is 0 Å². The van der Waals surface area contributed by atoms with Gasteiger partial charge in [0.2, 0.25) is 0 Å². The molecule has 0 radical (unpaired) electrons. The third kappa shape index (κ3) is 7.02. The van der Waals surface area contributed by atoms with E-state index < -0.39 is 24.2 Å². The summed E-state index contributed by atoms with van der Waals surface area (Å²) in [6.45, 7) is -0.758. The van der Waals surface area contributed by atoms with Gasteiger partial charge in [-0.2, -0.15) is 26.3 Å². The molecule has 0 saturated carbocycles. The molecule has 0 saturated heterocycles. The smallest absolute Gasteiger partial charge is 0.342 e. The van der Waals surface area contributed by atoms with Gasteiger partial charge in [-0.25, -0.2) is 0 Å². The molecule has 16 heavy (non-hydrogen) atoms. The van der Waals surface area contributed by atoms with Crippen molar-refractivity contribution >= 4 is 0 Å². The first kappa shape index (κ1) is 14.7. The Morgan fingerprint density at radius 3 is 1.19 bits per heavy atom. The van der Waals surface area contributed by atoms with E-state index in [1.807, 2.05) is 0 Å². The van der Waals surface area contributed by atoms with Gasteiger partial charge in [0.25, 0.3) is 0 Å². The third-order valence-electron chi connectivity index (χ3n) is 1.29. The molecule has 0 aromatic rings. The second-order valence-corrected chi connectivity index (χ2v) is 2.47. The van der Waals surface area contributed by atoms with E-state index in [2.05, 4.69) is 9.47 Å². The molecule has 0 aliphatic carbocycles. The summed E-state index contributed by atoms with van der Waals surface area (Å²) < 4.78 is 77.4. The van der Waals surface area contributed by atoms with Gasteiger partial charge >= 0.3 is 24.2 Å². The molecule has 0 rings (SSSR count). The van der Waals surface area contributed by atoms with Gasteiger partial charge in [0.05, 0.1) is 13.2 Å². The quantitative estimate of drug-likeness (QED) is 0.388. The SMILES string of the molecule is FC(F)=C(F)OCCCCOC(F)=C(F)F. The van der Waals surface area contributed by atoms with Crippen molar-refractivity contribution in [3.05, 3.63) is 24.2 Å². The fourth-order valence-electron chi connectivity index (χ4n) is 0.637. The van der Waals surface area contributed by atoms with E-state index in [4.69, 9.17) is 0 Å². The van der Waals surface area contributed by atoms with E-state index >= 15 is 0 Å². The van der Waals surface area contributed by atoms with Crippen LogP contribution in [0.5, 0.6) is 0 Å². The van der Waals surface area contributed by atoms with E-state index in [1.54, 1.807) is 0 Å². The minimum absolute atomic E-state index is 0.0574. The summed E-state index contributed by atoms with van der Waals surface area (Å²) in [7, 11) is 0. The minimum atomic E-state index is -2.58. The van der Waals surface area contributed by atoms with E-state index in [-0.39, 0.29) is 26.1 Å². The molecule has 0 aliphatic heterocycles. The Labute approximate surface area is 87.1 Å². The number of hydrogen-bond acceptors (Lipinski definition) is 2. The number of halogens is 6. The van der Waals surface area contributed by atoms with Crippen LogP contribution < -0.4 is 0 Å². The van der Waals surface area contributed by atoms with Crippen LogP contribution in [0.2, 0.25) is 0 Å². The summed E-state index contributed by atoms with van der Waals surface area (Å²) >= 11 is 0. The van der Waals surface area contributed by atoms with Crippen LogP contribution in [0.4, 0.5) is 26.3 Å². The zero-order valence-electron chi connectivity index (χ0n) is 7.91. The van der Waals surface area contributed by atoms with Crippen LogP contribution in [0.15, 0.2) is 24.2 Å². The fourth-order valence-corrected chi connectivity index (χ4v) is 0.637. The van der Waals surface area contributed by atoms with E-state index in [9.17, 15) is 26.3 Å². The molecule has 0 aromatic heterocycles. The molecular formula is C8H8F6O2. The number of rotatable bonds is 7. The molecule has 0 N–H and O–H groups in total. The third-order valence-corrected chi connectivity index (χ3v) is 1.29. The summed E-state index contributed by atoms with van der Waals surface area (Å²) in [6, 6.07) is -3.97. The van der Waals surface area contributed by atoms with Crippen LogP contribution in [-0.2, 0) is 9.47 Å². The molecular weight excluding hydrogens is 242 g/mol. The molecule has 0 aromatic carbocycles. The molecule has 0 atom stereocenters. The number of ether oxygens (including phenoxy) is 2. The van der Waals surface area contributed by atoms with E-state index in [1.165, 1.54) is 0 Å². The van der Waals surface area contributed by atoms with Gasteiger partial charge in [0, 0.05) is 0 Å². The maximum Gasteiger partial charge on any atom is 0.342 e. The van der Waals surface area contributed by atoms with Gasteiger partial charge in [0.15, 0.2) is 0 Å². The normalized spacial score (nSPS) is 9.62. The van der Waals surface area contributed by atoms with Crippen LogP contribution in [0.25, 0.3) is 0 Å². The Hall–Kier alpha value is -1.34. The summed E-state index contributed by atoms with van der Waals surface area (Å²) in [5, 5.41) is 0. The standard InChI is InChI=1S/C8H8F6O2/c9-5(10)7(13)15-3-1-2-4-16-8(14)6(11)12/h1-4H2. The lowest BCUT2D eigenvalue weighted by Gasteiger charge is -2.03. The number of unbranched alkanes of at least 4 members (excludes halogenated alkanes) is 1. The lowest BCUT2D eigenvalue weighted by molar-refractivity contribution is 0.0941. The highest BCUT2D eigenvalue weighted by molar-refractivity contribution is 4.81. The van der Waals surface area contributed by atoms with Gasteiger partial charge in [-0.1, -0.05) is 0 Å². The molecule has 0 amide bonds. The Balaban J connectivity index is 3.50. The second kappa shape index (κ2) is 7.89. The van der Waals surface area contributed by atoms with Crippen molar-refractivity contribution < 1.29 is 35.8 Å². The first-order valence-corrected chi connectivity index (χ1v) is 4.12. The summed E-state index contributed by atoms with van der Waals surface area (Å²) in [5.74, 6) is 0. The predicted octanol–water partition coefficient (Wildman–Crippen LogP) is 3.87. The average molecular weight is 250 g/mol. The van der Waals surface area contributed by atoms with Crippen LogP contribution >= 0.6 is 0 Å². The molecule has 0 unspecified atom stereocenters. The molecule has 2 nitrogen and oxygen atoms in total. The molecule has 0 spiro atoms. The van der Waals surface area contributed by atoms with Gasteiger partial charge in [0.1, 0.15) is 0 Å². The highest BCUT2D eigenvalue weighted by Crippen LogP contribution is 2.12. The largest absolute Gasteiger partial charge is 0.467 e. The van der Waals surface area contributed by atoms with Crippen molar-refractivity contribution in [1.29, 1.82) is 0 Å². The maximum absolute atomic E-state index is 12.0. The molecule has 0 fully saturated rings. The van der Waals surface area contributed by atoms with Crippen LogP contribution in [0, 0.1) is 0 Å². The summed E-state index contributed by atoms with van der Waals surface area (Å²) in [4.78, 5) is 0. The highest BCUT2D eigenvalue weighted by atomic mass is 19.3. The summed E-state index contributed by atoms with van der Waals surface area (Å²) in [6.07, 6.45) is -5.04. The molecule has 8 heteroatoms. The Morgan fingerprint density at radius 2 is 0.938 bits per heavy atom. The first-order chi connectivity index (χ1) is 7.45. The van der Waals surface area contributed by atoms with Crippen LogP contribution in [0.1, 0.15) is 12.8 Å². The Morgan fingerprint density at radius 1 is 0.625 bits per heavy atom. The monoisotopic (exact) mass is 250 g/mol. The van der Waals surface area contributed by atoms with Crippen molar-refractivity contribution in [3.8, 4) is 0 Å². The second-order valence-electron chi connectivity index (χ2n) is 2.47. The van der Waals surface area contributed by atoms with Gasteiger partial charge in [-0.05, 0) is 12.8 Å². The van der Waals surface area contributed by atoms with Crippen molar-refractivity contribution in [2.45, 2.75) is 12.8 Å². The van der Waals surface area contributed by atoms with Crippen LogP contribution in [-0.4, -0.2) is 13.2 Å². The lowest BCUT2D eigenvalue weighted by Crippen LogP contribution is -1.97. The van der Waals surface area contributed by atoms with Crippen molar-refractivity contribution in [1.82, 2.24) is 0 Å². The molecule has 0 heterocycles. The lowest BCUT2D eigenvalue weighted by atomic mass is 10.3. The van der Waals surface area contributed by atoms with Crippen LogP contribution in [0.3, 0.4) is 0 Å². The average Bonchev–Trinajstić information content (AvgIpc) is 2.21. The minimum Gasteiger partial charge on any atom is -0.467 e. The summed E-state index contributed by atoms with van der Waals surface area (Å²) in [5.41, 5.74) is 0. The zero-order valence-corrected chi connectivity index (χ0v) is 7.91. The highest BCUT2D eigenvalue weighted by Gasteiger charge is 2.06. The number of hydrogen-bond donors (Lipinski definition) is 0. The van der Waals surface area contributed by atoms with E-state index in [0.29, 0.717) is 0 Å². The topological polar surface area (TPSA) is 18.5 Å². The molecule has 0 bridgehead atoms. The van der Waals surface area contributed by atoms with Gasteiger partial charge in [-0.15, -0.1) is 0 Å². The molecule has 0 aliphatic rings. The predicted molar refractivity (Wildman–Crippen MR) is 41.8 cm³/mol. The fraction of sp³-hybridized carbons (Fsp3) is 0.500. The molecule has 94 valence electrons. The zero-order chi connectivity index (χ0) is 12.6. The van der Waals surface area contributed by atoms with Gasteiger partial charge in [-0.3, -0.25) is 0 Å². The van der Waals surface area contributed by atoms with Crippen molar-refractivity contribution in [3.63, 3.8) is 0 Å². The Bertz CT molecular complexity index is 240. The maximum atomic E-state index is 12.0. The Kier molecular flexibility index (Phi) is 7.23. The van der Waals surface area contributed by atoms with Gasteiger partial charge < -0.3 is 9.47 Å². The first-order valence-electron chi connectivity index (χ1n) is 4.12.